The monoisotopic (exact) mass is 296 g/mol. The van der Waals surface area contributed by atoms with Crippen molar-refractivity contribution in [3.05, 3.63) is 24.2 Å². The van der Waals surface area contributed by atoms with Crippen molar-refractivity contribution in [2.24, 2.45) is 5.92 Å². The largest absolute Gasteiger partial charge is 0.480 e. The van der Waals surface area contributed by atoms with Crippen LogP contribution in [-0.4, -0.2) is 35.0 Å². The summed E-state index contributed by atoms with van der Waals surface area (Å²) in [7, 11) is 0. The van der Waals surface area contributed by atoms with Crippen LogP contribution in [-0.2, 0) is 9.59 Å². The number of nitrogens with one attached hydrogen (secondary N) is 2. The van der Waals surface area contributed by atoms with E-state index in [1.807, 2.05) is 13.8 Å². The molecule has 0 saturated carbocycles. The summed E-state index contributed by atoms with van der Waals surface area (Å²) in [6, 6.07) is -0.342. The summed E-state index contributed by atoms with van der Waals surface area (Å²) in [6.45, 7) is 5.22. The smallest absolute Gasteiger partial charge is 0.326 e. The Morgan fingerprint density at radius 2 is 1.90 bits per heavy atom. The highest BCUT2D eigenvalue weighted by Crippen LogP contribution is 2.05. The van der Waals surface area contributed by atoms with Gasteiger partial charge in [0.2, 0.25) is 5.91 Å². The summed E-state index contributed by atoms with van der Waals surface area (Å²) >= 11 is 0. The van der Waals surface area contributed by atoms with Gasteiger partial charge in [0.05, 0.1) is 11.8 Å². The van der Waals surface area contributed by atoms with E-state index in [2.05, 4.69) is 10.6 Å². The van der Waals surface area contributed by atoms with E-state index >= 15 is 0 Å². The Hall–Kier alpha value is -2.31. The number of carboxylic acids is 1. The van der Waals surface area contributed by atoms with Crippen molar-refractivity contribution in [2.75, 3.05) is 0 Å². The van der Waals surface area contributed by atoms with Gasteiger partial charge >= 0.3 is 5.97 Å². The summed E-state index contributed by atoms with van der Waals surface area (Å²) in [5.74, 6) is -1.96. The van der Waals surface area contributed by atoms with Gasteiger partial charge in [-0.2, -0.15) is 0 Å². The van der Waals surface area contributed by atoms with Crippen LogP contribution >= 0.6 is 0 Å². The number of amides is 2. The molecule has 1 aromatic rings. The zero-order valence-corrected chi connectivity index (χ0v) is 12.3. The zero-order chi connectivity index (χ0) is 16.0. The number of carbonyl (C=O) groups excluding carboxylic acids is 2. The molecule has 0 aliphatic carbocycles. The third-order valence-corrected chi connectivity index (χ3v) is 2.85. The summed E-state index contributed by atoms with van der Waals surface area (Å²) < 4.78 is 4.78. The molecular formula is C14H20N2O5. The Morgan fingerprint density at radius 3 is 2.38 bits per heavy atom. The van der Waals surface area contributed by atoms with Gasteiger partial charge in [-0.3, -0.25) is 9.59 Å². The molecule has 21 heavy (non-hydrogen) atoms. The van der Waals surface area contributed by atoms with Crippen LogP contribution < -0.4 is 10.6 Å². The molecule has 7 nitrogen and oxygen atoms in total. The maximum Gasteiger partial charge on any atom is 0.326 e. The first-order valence-electron chi connectivity index (χ1n) is 6.67. The van der Waals surface area contributed by atoms with Gasteiger partial charge in [0, 0.05) is 0 Å². The first kappa shape index (κ1) is 16.7. The van der Waals surface area contributed by atoms with Gasteiger partial charge in [-0.05, 0) is 25.3 Å². The number of carbonyl (C=O) groups is 3. The van der Waals surface area contributed by atoms with Gasteiger partial charge in [-0.25, -0.2) is 4.79 Å². The Labute approximate surface area is 122 Å². The topological polar surface area (TPSA) is 109 Å². The molecule has 2 atom stereocenters. The van der Waals surface area contributed by atoms with E-state index in [1.54, 1.807) is 0 Å². The minimum absolute atomic E-state index is 0.127. The zero-order valence-electron chi connectivity index (χ0n) is 12.3. The lowest BCUT2D eigenvalue weighted by molar-refractivity contribution is -0.142. The molecule has 3 N–H and O–H groups in total. The van der Waals surface area contributed by atoms with Crippen LogP contribution in [0.2, 0.25) is 0 Å². The van der Waals surface area contributed by atoms with Crippen LogP contribution in [0, 0.1) is 5.92 Å². The van der Waals surface area contributed by atoms with Gasteiger partial charge < -0.3 is 20.2 Å². The molecule has 0 aliphatic rings. The predicted molar refractivity (Wildman–Crippen MR) is 74.7 cm³/mol. The fourth-order valence-corrected chi connectivity index (χ4v) is 1.73. The second-order valence-corrected chi connectivity index (χ2v) is 5.24. The third kappa shape index (κ3) is 5.29. The van der Waals surface area contributed by atoms with Crippen molar-refractivity contribution < 1.29 is 23.9 Å². The molecule has 1 unspecified atom stereocenters. The maximum atomic E-state index is 11.9. The van der Waals surface area contributed by atoms with Crippen molar-refractivity contribution in [3.8, 4) is 0 Å². The Morgan fingerprint density at radius 1 is 1.24 bits per heavy atom. The van der Waals surface area contributed by atoms with Gasteiger partial charge in [0.1, 0.15) is 18.3 Å². The lowest BCUT2D eigenvalue weighted by atomic mass is 10.0. The fraction of sp³-hybridized carbons (Fsp3) is 0.500. The summed E-state index contributed by atoms with van der Waals surface area (Å²) in [5, 5.41) is 14.0. The molecule has 0 aliphatic heterocycles. The molecule has 0 bridgehead atoms. The molecule has 1 aromatic heterocycles. The second-order valence-electron chi connectivity index (χ2n) is 5.24. The van der Waals surface area contributed by atoms with Crippen molar-refractivity contribution in [1.29, 1.82) is 0 Å². The van der Waals surface area contributed by atoms with Gasteiger partial charge in [-0.15, -0.1) is 0 Å². The normalized spacial score (nSPS) is 13.5. The minimum Gasteiger partial charge on any atom is -0.480 e. The van der Waals surface area contributed by atoms with E-state index in [1.165, 1.54) is 25.5 Å². The average Bonchev–Trinajstić information content (AvgIpc) is 2.90. The molecule has 1 rings (SSSR count). The third-order valence-electron chi connectivity index (χ3n) is 2.85. The van der Waals surface area contributed by atoms with Crippen LogP contribution in [0.15, 0.2) is 23.0 Å². The maximum absolute atomic E-state index is 11.9. The van der Waals surface area contributed by atoms with Crippen molar-refractivity contribution in [2.45, 2.75) is 39.3 Å². The first-order valence-corrected chi connectivity index (χ1v) is 6.67. The first-order chi connectivity index (χ1) is 9.81. The molecule has 0 aromatic carbocycles. The minimum atomic E-state index is -1.09. The lowest BCUT2D eigenvalue weighted by Gasteiger charge is -2.19. The van der Waals surface area contributed by atoms with E-state index < -0.39 is 29.9 Å². The summed E-state index contributed by atoms with van der Waals surface area (Å²) in [4.78, 5) is 34.8. The molecule has 2 amide bonds. The Balaban J connectivity index is 2.57. The van der Waals surface area contributed by atoms with E-state index in [9.17, 15) is 14.4 Å². The highest BCUT2D eigenvalue weighted by atomic mass is 16.4. The quantitative estimate of drug-likeness (QED) is 0.696. The highest BCUT2D eigenvalue weighted by Gasteiger charge is 2.24. The molecule has 0 spiro atoms. The molecule has 1 heterocycles. The summed E-state index contributed by atoms with van der Waals surface area (Å²) in [6.07, 6.45) is 2.94. The van der Waals surface area contributed by atoms with E-state index in [-0.39, 0.29) is 5.92 Å². The van der Waals surface area contributed by atoms with Crippen LogP contribution in [0.3, 0.4) is 0 Å². The van der Waals surface area contributed by atoms with Gasteiger partial charge in [-0.1, -0.05) is 13.8 Å². The SMILES string of the molecule is CC(C)C[C@@H](NC(=O)C(C)NC(=O)c1ccoc1)C(=O)O. The predicted octanol–water partition coefficient (Wildman–Crippen LogP) is 1.01. The number of rotatable bonds is 7. The molecule has 0 saturated heterocycles. The highest BCUT2D eigenvalue weighted by molar-refractivity contribution is 5.97. The van der Waals surface area contributed by atoms with Gasteiger partial charge in [0.25, 0.3) is 5.91 Å². The molecule has 116 valence electrons. The number of carboxylic acid groups (broad SMARTS) is 1. The van der Waals surface area contributed by atoms with Crippen molar-refractivity contribution >= 4 is 17.8 Å². The van der Waals surface area contributed by atoms with E-state index in [4.69, 9.17) is 9.52 Å². The van der Waals surface area contributed by atoms with Crippen molar-refractivity contribution in [3.63, 3.8) is 0 Å². The van der Waals surface area contributed by atoms with E-state index in [0.717, 1.165) is 0 Å². The number of hydrogen-bond donors (Lipinski definition) is 3. The van der Waals surface area contributed by atoms with Crippen LogP contribution in [0.5, 0.6) is 0 Å². The van der Waals surface area contributed by atoms with E-state index in [0.29, 0.717) is 12.0 Å². The van der Waals surface area contributed by atoms with Crippen LogP contribution in [0.25, 0.3) is 0 Å². The van der Waals surface area contributed by atoms with Crippen LogP contribution in [0.4, 0.5) is 0 Å². The number of hydrogen-bond acceptors (Lipinski definition) is 4. The second kappa shape index (κ2) is 7.47. The lowest BCUT2D eigenvalue weighted by Crippen LogP contribution is -2.50. The number of aliphatic carboxylic acids is 1. The molecular weight excluding hydrogens is 276 g/mol. The van der Waals surface area contributed by atoms with Crippen LogP contribution in [0.1, 0.15) is 37.6 Å². The molecule has 0 fully saturated rings. The number of furan rings is 1. The Kier molecular flexibility index (Phi) is 5.95. The van der Waals surface area contributed by atoms with Crippen molar-refractivity contribution in [1.82, 2.24) is 10.6 Å². The molecule has 7 heteroatoms. The fourth-order valence-electron chi connectivity index (χ4n) is 1.73. The Bertz CT molecular complexity index is 495. The average molecular weight is 296 g/mol. The standard InChI is InChI=1S/C14H20N2O5/c1-8(2)6-11(14(19)20)16-12(17)9(3)15-13(18)10-4-5-21-7-10/h4-5,7-9,11H,6H2,1-3H3,(H,15,18)(H,16,17)(H,19,20)/t9?,11-/m1/s1. The van der Waals surface area contributed by atoms with Gasteiger partial charge in [0.15, 0.2) is 0 Å². The summed E-state index contributed by atoms with van der Waals surface area (Å²) in [5.41, 5.74) is 0.298. The molecule has 0 radical (unpaired) electrons.